The fourth-order valence-electron chi connectivity index (χ4n) is 2.73. The highest BCUT2D eigenvalue weighted by atomic mass is 32.2. The molecule has 0 aromatic heterocycles. The van der Waals surface area contributed by atoms with Crippen LogP contribution in [0, 0.1) is 5.92 Å². The molecule has 1 aliphatic rings. The van der Waals surface area contributed by atoms with Crippen molar-refractivity contribution >= 4 is 18.0 Å². The minimum atomic E-state index is -1.33. The summed E-state index contributed by atoms with van der Waals surface area (Å²) in [6, 6.07) is 8.06. The molecule has 1 aliphatic heterocycles. The molecule has 1 heterocycles. The molecule has 0 bridgehead atoms. The smallest absolute Gasteiger partial charge is 0.167 e. The zero-order valence-electron chi connectivity index (χ0n) is 12.6. The highest BCUT2D eigenvalue weighted by Gasteiger charge is 2.41. The average Bonchev–Trinajstić information content (AvgIpc) is 2.93. The molecule has 0 aliphatic carbocycles. The summed E-state index contributed by atoms with van der Waals surface area (Å²) in [6.45, 7) is 6.44. The van der Waals surface area contributed by atoms with Gasteiger partial charge in [-0.25, -0.2) is 4.39 Å². The van der Waals surface area contributed by atoms with Gasteiger partial charge in [0.1, 0.15) is 5.37 Å². The lowest BCUT2D eigenvalue weighted by Gasteiger charge is -2.29. The van der Waals surface area contributed by atoms with Crippen molar-refractivity contribution in [2.24, 2.45) is 10.9 Å². The van der Waals surface area contributed by atoms with Crippen LogP contribution in [0.2, 0.25) is 0 Å². The maximum atomic E-state index is 15.5. The molecular weight excluding hydrogens is 269 g/mol. The molecule has 0 amide bonds. The van der Waals surface area contributed by atoms with Crippen LogP contribution < -0.4 is 0 Å². The molecule has 110 valence electrons. The number of nitrogens with zero attached hydrogens (tertiary/aromatic N) is 1. The maximum absolute atomic E-state index is 15.5. The minimum Gasteiger partial charge on any atom is -0.279 e. The predicted octanol–water partition coefficient (Wildman–Crippen LogP) is 4.99. The van der Waals surface area contributed by atoms with Crippen LogP contribution in [0.1, 0.15) is 44.7 Å². The summed E-state index contributed by atoms with van der Waals surface area (Å²) in [5.74, 6) is 1.45. The zero-order chi connectivity index (χ0) is 14.6. The van der Waals surface area contributed by atoms with Crippen molar-refractivity contribution in [1.82, 2.24) is 0 Å². The Balaban J connectivity index is 2.22. The number of rotatable bonds is 6. The van der Waals surface area contributed by atoms with E-state index < -0.39 is 5.67 Å². The van der Waals surface area contributed by atoms with E-state index in [4.69, 9.17) is 0 Å². The van der Waals surface area contributed by atoms with Gasteiger partial charge in [-0.1, -0.05) is 51.5 Å². The summed E-state index contributed by atoms with van der Waals surface area (Å²) < 4.78 is 15.5. The summed E-state index contributed by atoms with van der Waals surface area (Å²) in [6.07, 6.45) is 4.25. The number of halogens is 1. The van der Waals surface area contributed by atoms with Crippen LogP contribution in [0.25, 0.3) is 0 Å². The van der Waals surface area contributed by atoms with Crippen LogP contribution >= 0.6 is 11.8 Å². The van der Waals surface area contributed by atoms with Gasteiger partial charge >= 0.3 is 0 Å². The number of aliphatic imine (C=N–C) groups is 1. The minimum absolute atomic E-state index is 0.279. The van der Waals surface area contributed by atoms with E-state index in [-0.39, 0.29) is 5.37 Å². The molecule has 20 heavy (non-hydrogen) atoms. The molecule has 0 saturated heterocycles. The fraction of sp³-hybridized carbons (Fsp3) is 0.588. The van der Waals surface area contributed by atoms with E-state index in [9.17, 15) is 0 Å². The molecule has 1 nitrogen and oxygen atoms in total. The van der Waals surface area contributed by atoms with E-state index in [2.05, 4.69) is 31.0 Å². The number of thioether (sulfide) groups is 1. The third kappa shape index (κ3) is 3.43. The quantitative estimate of drug-likeness (QED) is 0.719. The van der Waals surface area contributed by atoms with Gasteiger partial charge in [0, 0.05) is 12.0 Å². The zero-order valence-corrected chi connectivity index (χ0v) is 13.4. The first-order valence-electron chi connectivity index (χ1n) is 7.48. The molecule has 1 aromatic carbocycles. The standard InChI is InChI=1S/C17H24FNS/c1-4-9-17(18,16-19-10-11-20-16)15-7-5-14(6-8-15)12-13(2)3/h5-8,10,13,16H,4,9,11-12H2,1-3H3. The van der Waals surface area contributed by atoms with Crippen molar-refractivity contribution in [2.75, 3.05) is 5.75 Å². The van der Waals surface area contributed by atoms with Gasteiger partial charge in [-0.3, -0.25) is 4.99 Å². The molecular formula is C17H24FNS. The van der Waals surface area contributed by atoms with E-state index in [1.165, 1.54) is 5.56 Å². The summed E-state index contributed by atoms with van der Waals surface area (Å²) in [7, 11) is 0. The highest BCUT2D eigenvalue weighted by molar-refractivity contribution is 8.00. The Morgan fingerprint density at radius 2 is 2.05 bits per heavy atom. The summed E-state index contributed by atoms with van der Waals surface area (Å²) in [5, 5.41) is -0.279. The topological polar surface area (TPSA) is 12.4 Å². The van der Waals surface area contributed by atoms with Crippen LogP contribution in [0.4, 0.5) is 4.39 Å². The number of hydrogen-bond donors (Lipinski definition) is 0. The lowest BCUT2D eigenvalue weighted by Crippen LogP contribution is -2.30. The maximum Gasteiger partial charge on any atom is 0.167 e. The SMILES string of the molecule is CCCC(F)(c1ccc(CC(C)C)cc1)C1N=CCS1. The Hall–Kier alpha value is -0.830. The van der Waals surface area contributed by atoms with Gasteiger partial charge in [0.25, 0.3) is 0 Å². The van der Waals surface area contributed by atoms with E-state index in [0.717, 1.165) is 24.2 Å². The monoisotopic (exact) mass is 293 g/mol. The third-order valence-electron chi connectivity index (χ3n) is 3.65. The highest BCUT2D eigenvalue weighted by Crippen LogP contribution is 2.43. The molecule has 0 radical (unpaired) electrons. The largest absolute Gasteiger partial charge is 0.279 e. The molecule has 2 atom stereocenters. The van der Waals surface area contributed by atoms with Gasteiger partial charge in [-0.15, -0.1) is 11.8 Å². The Bertz CT molecular complexity index is 455. The molecule has 1 aromatic rings. The third-order valence-corrected chi connectivity index (χ3v) is 4.81. The molecule has 0 fully saturated rings. The lowest BCUT2D eigenvalue weighted by molar-refractivity contribution is 0.148. The second-order valence-corrected chi connectivity index (χ2v) is 7.04. The molecule has 0 saturated carbocycles. The van der Waals surface area contributed by atoms with Crippen LogP contribution in [-0.2, 0) is 12.1 Å². The van der Waals surface area contributed by atoms with Crippen LogP contribution in [0.5, 0.6) is 0 Å². The molecule has 2 unspecified atom stereocenters. The normalized spacial score (nSPS) is 21.4. The number of hydrogen-bond acceptors (Lipinski definition) is 2. The van der Waals surface area contributed by atoms with E-state index in [1.807, 2.05) is 25.3 Å². The van der Waals surface area contributed by atoms with Crippen molar-refractivity contribution in [2.45, 2.75) is 51.1 Å². The first-order valence-corrected chi connectivity index (χ1v) is 8.52. The van der Waals surface area contributed by atoms with Gasteiger partial charge in [-0.05, 0) is 29.9 Å². The van der Waals surface area contributed by atoms with Crippen LogP contribution in [0.3, 0.4) is 0 Å². The molecule has 3 heteroatoms. The van der Waals surface area contributed by atoms with Gasteiger partial charge in [0.15, 0.2) is 5.67 Å². The Kier molecular flexibility index (Phi) is 5.25. The van der Waals surface area contributed by atoms with Gasteiger partial charge in [0.2, 0.25) is 0 Å². The van der Waals surface area contributed by atoms with Crippen molar-refractivity contribution in [3.05, 3.63) is 35.4 Å². The molecule has 0 N–H and O–H groups in total. The van der Waals surface area contributed by atoms with E-state index in [1.54, 1.807) is 11.8 Å². The van der Waals surface area contributed by atoms with Crippen LogP contribution in [0.15, 0.2) is 29.3 Å². The summed E-state index contributed by atoms with van der Waals surface area (Å²) in [5.41, 5.74) is 0.733. The van der Waals surface area contributed by atoms with E-state index in [0.29, 0.717) is 12.3 Å². The fourth-order valence-corrected chi connectivity index (χ4v) is 3.77. The first-order chi connectivity index (χ1) is 9.56. The number of alkyl halides is 1. The second-order valence-electron chi connectivity index (χ2n) is 5.92. The Morgan fingerprint density at radius 1 is 1.35 bits per heavy atom. The molecule has 2 rings (SSSR count). The molecule has 0 spiro atoms. The number of benzene rings is 1. The summed E-state index contributed by atoms with van der Waals surface area (Å²) in [4.78, 5) is 4.34. The van der Waals surface area contributed by atoms with Crippen molar-refractivity contribution in [3.8, 4) is 0 Å². The van der Waals surface area contributed by atoms with Gasteiger partial charge in [-0.2, -0.15) is 0 Å². The summed E-state index contributed by atoms with van der Waals surface area (Å²) >= 11 is 1.60. The van der Waals surface area contributed by atoms with Crippen molar-refractivity contribution < 1.29 is 4.39 Å². The first kappa shape index (κ1) is 15.6. The van der Waals surface area contributed by atoms with E-state index >= 15 is 4.39 Å². The predicted molar refractivity (Wildman–Crippen MR) is 87.4 cm³/mol. The van der Waals surface area contributed by atoms with Crippen molar-refractivity contribution in [3.63, 3.8) is 0 Å². The van der Waals surface area contributed by atoms with Crippen molar-refractivity contribution in [1.29, 1.82) is 0 Å². The lowest BCUT2D eigenvalue weighted by atomic mass is 9.89. The second kappa shape index (κ2) is 6.75. The Labute approximate surface area is 126 Å². The van der Waals surface area contributed by atoms with Gasteiger partial charge < -0.3 is 0 Å². The Morgan fingerprint density at radius 3 is 2.55 bits per heavy atom. The van der Waals surface area contributed by atoms with Gasteiger partial charge in [0.05, 0.1) is 0 Å². The van der Waals surface area contributed by atoms with Crippen LogP contribution in [-0.4, -0.2) is 17.3 Å². The average molecular weight is 293 g/mol.